The van der Waals surface area contributed by atoms with E-state index in [1.165, 1.54) is 18.2 Å². The number of nitrogens with one attached hydrogen (secondary N) is 1. The molecule has 2 rings (SSSR count). The van der Waals surface area contributed by atoms with Crippen molar-refractivity contribution in [1.29, 1.82) is 0 Å². The number of rotatable bonds is 7. The summed E-state index contributed by atoms with van der Waals surface area (Å²) in [6, 6.07) is 3.25. The zero-order valence-electron chi connectivity index (χ0n) is 14.4. The summed E-state index contributed by atoms with van der Waals surface area (Å²) in [7, 11) is 3.47. The molecule has 1 fully saturated rings. The molecular formula is C18H26F2N2O2. The van der Waals surface area contributed by atoms with Crippen LogP contribution in [0.25, 0.3) is 0 Å². The first-order chi connectivity index (χ1) is 11.5. The van der Waals surface area contributed by atoms with Crippen LogP contribution in [0.3, 0.4) is 0 Å². The molecule has 1 heterocycles. The average Bonchev–Trinajstić information content (AvgIpc) is 2.56. The number of carbonyl (C=O) groups excluding carboxylic acids is 1. The van der Waals surface area contributed by atoms with E-state index in [-0.39, 0.29) is 24.1 Å². The van der Waals surface area contributed by atoms with Gasteiger partial charge in [0.25, 0.3) is 0 Å². The van der Waals surface area contributed by atoms with Crippen molar-refractivity contribution in [2.24, 2.45) is 0 Å². The van der Waals surface area contributed by atoms with Gasteiger partial charge in [0, 0.05) is 25.1 Å². The number of nitrogens with zero attached hydrogens (tertiary/aromatic N) is 1. The van der Waals surface area contributed by atoms with E-state index in [2.05, 4.69) is 5.32 Å². The average molecular weight is 340 g/mol. The fourth-order valence-electron chi connectivity index (χ4n) is 3.00. The van der Waals surface area contributed by atoms with E-state index in [0.717, 1.165) is 25.9 Å². The molecule has 134 valence electrons. The van der Waals surface area contributed by atoms with Crippen molar-refractivity contribution < 1.29 is 18.3 Å². The Hall–Kier alpha value is -1.53. The molecule has 1 aliphatic rings. The Kier molecular flexibility index (Phi) is 7.12. The fourth-order valence-corrected chi connectivity index (χ4v) is 3.00. The highest BCUT2D eigenvalue weighted by Gasteiger charge is 2.23. The SMILES string of the molecule is CN(C)[C@@H](CNC(=O)CC[C@@H]1CCCCO1)c1c(F)cccc1F. The zero-order chi connectivity index (χ0) is 17.5. The first-order valence-electron chi connectivity index (χ1n) is 8.47. The maximum atomic E-state index is 14.0. The Morgan fingerprint density at radius 3 is 2.62 bits per heavy atom. The highest BCUT2D eigenvalue weighted by Crippen LogP contribution is 2.24. The van der Waals surface area contributed by atoms with Gasteiger partial charge in [0.1, 0.15) is 11.6 Å². The summed E-state index contributed by atoms with van der Waals surface area (Å²) >= 11 is 0. The van der Waals surface area contributed by atoms with Crippen molar-refractivity contribution in [2.75, 3.05) is 27.2 Å². The number of likely N-dealkylation sites (N-methyl/N-ethyl adjacent to an activating group) is 1. The van der Waals surface area contributed by atoms with Gasteiger partial charge < -0.3 is 15.0 Å². The number of ether oxygens (including phenoxy) is 1. The topological polar surface area (TPSA) is 41.6 Å². The quantitative estimate of drug-likeness (QED) is 0.829. The van der Waals surface area contributed by atoms with Crippen LogP contribution in [-0.4, -0.2) is 44.2 Å². The van der Waals surface area contributed by atoms with Crippen LogP contribution in [-0.2, 0) is 9.53 Å². The molecule has 0 unspecified atom stereocenters. The molecular weight excluding hydrogens is 314 g/mol. The molecule has 0 aliphatic carbocycles. The van der Waals surface area contributed by atoms with Gasteiger partial charge in [-0.15, -0.1) is 0 Å². The number of amides is 1. The Bertz CT molecular complexity index is 526. The summed E-state index contributed by atoms with van der Waals surface area (Å²) in [5, 5.41) is 2.79. The maximum absolute atomic E-state index is 14.0. The van der Waals surface area contributed by atoms with Crippen LogP contribution in [0.5, 0.6) is 0 Å². The molecule has 0 spiro atoms. The number of hydrogen-bond donors (Lipinski definition) is 1. The van der Waals surface area contributed by atoms with Crippen LogP contribution in [0.2, 0.25) is 0 Å². The zero-order valence-corrected chi connectivity index (χ0v) is 14.4. The van der Waals surface area contributed by atoms with Gasteiger partial charge >= 0.3 is 0 Å². The van der Waals surface area contributed by atoms with Gasteiger partial charge in [-0.1, -0.05) is 6.07 Å². The summed E-state index contributed by atoms with van der Waals surface area (Å²) in [6.45, 7) is 0.927. The van der Waals surface area contributed by atoms with E-state index in [1.54, 1.807) is 19.0 Å². The Morgan fingerprint density at radius 1 is 1.33 bits per heavy atom. The minimum absolute atomic E-state index is 0.0154. The van der Waals surface area contributed by atoms with Crippen LogP contribution in [0.15, 0.2) is 18.2 Å². The fraction of sp³-hybridized carbons (Fsp3) is 0.611. The third-order valence-electron chi connectivity index (χ3n) is 4.42. The van der Waals surface area contributed by atoms with Crippen LogP contribution in [0, 0.1) is 11.6 Å². The molecule has 1 saturated heterocycles. The van der Waals surface area contributed by atoms with E-state index in [0.29, 0.717) is 12.8 Å². The Balaban J connectivity index is 1.88. The normalized spacial score (nSPS) is 19.3. The standard InChI is InChI=1S/C18H26F2N2O2/c1-22(2)16(18-14(19)7-5-8-15(18)20)12-21-17(23)10-9-13-6-3-4-11-24-13/h5,7-8,13,16H,3-4,6,9-12H2,1-2H3,(H,21,23)/t13-,16-/m0/s1. The van der Waals surface area contributed by atoms with Crippen LogP contribution >= 0.6 is 0 Å². The van der Waals surface area contributed by atoms with Crippen LogP contribution in [0.1, 0.15) is 43.7 Å². The van der Waals surface area contributed by atoms with Crippen molar-refractivity contribution >= 4 is 5.91 Å². The van der Waals surface area contributed by atoms with Gasteiger partial charge in [0.15, 0.2) is 0 Å². The minimum atomic E-state index is -0.599. The third-order valence-corrected chi connectivity index (χ3v) is 4.42. The molecule has 1 aromatic rings. The molecule has 1 N–H and O–H groups in total. The second kappa shape index (κ2) is 9.08. The van der Waals surface area contributed by atoms with Gasteiger partial charge in [-0.2, -0.15) is 0 Å². The van der Waals surface area contributed by atoms with Gasteiger partial charge in [0.05, 0.1) is 12.1 Å². The highest BCUT2D eigenvalue weighted by molar-refractivity contribution is 5.75. The number of hydrogen-bond acceptors (Lipinski definition) is 3. The van der Waals surface area contributed by atoms with Crippen LogP contribution in [0.4, 0.5) is 8.78 Å². The van der Waals surface area contributed by atoms with Crippen molar-refractivity contribution in [2.45, 2.75) is 44.2 Å². The van der Waals surface area contributed by atoms with Gasteiger partial charge in [0.2, 0.25) is 5.91 Å². The molecule has 1 aromatic carbocycles. The monoisotopic (exact) mass is 340 g/mol. The molecule has 0 bridgehead atoms. The van der Waals surface area contributed by atoms with E-state index in [9.17, 15) is 13.6 Å². The smallest absolute Gasteiger partial charge is 0.220 e. The molecule has 0 aromatic heterocycles. The molecule has 1 amide bonds. The lowest BCUT2D eigenvalue weighted by molar-refractivity contribution is -0.122. The van der Waals surface area contributed by atoms with E-state index < -0.39 is 17.7 Å². The number of benzene rings is 1. The van der Waals surface area contributed by atoms with Crippen LogP contribution < -0.4 is 5.32 Å². The lowest BCUT2D eigenvalue weighted by Gasteiger charge is -2.26. The number of halogens is 2. The highest BCUT2D eigenvalue weighted by atomic mass is 19.1. The van der Waals surface area contributed by atoms with Crippen molar-refractivity contribution in [1.82, 2.24) is 10.2 Å². The maximum Gasteiger partial charge on any atom is 0.220 e. The van der Waals surface area contributed by atoms with Gasteiger partial charge in [-0.25, -0.2) is 8.78 Å². The molecule has 6 heteroatoms. The predicted molar refractivity (Wildman–Crippen MR) is 88.6 cm³/mol. The Morgan fingerprint density at radius 2 is 2.04 bits per heavy atom. The van der Waals surface area contributed by atoms with Crippen molar-refractivity contribution in [3.63, 3.8) is 0 Å². The van der Waals surface area contributed by atoms with Gasteiger partial charge in [-0.05, 0) is 51.9 Å². The van der Waals surface area contributed by atoms with E-state index in [4.69, 9.17) is 4.74 Å². The second-order valence-electron chi connectivity index (χ2n) is 6.45. The first kappa shape index (κ1) is 18.8. The Labute approximate surface area is 142 Å². The molecule has 24 heavy (non-hydrogen) atoms. The van der Waals surface area contributed by atoms with Gasteiger partial charge in [-0.3, -0.25) is 4.79 Å². The largest absolute Gasteiger partial charge is 0.378 e. The third kappa shape index (κ3) is 5.24. The lowest BCUT2D eigenvalue weighted by atomic mass is 10.0. The second-order valence-corrected chi connectivity index (χ2v) is 6.45. The van der Waals surface area contributed by atoms with Crippen molar-refractivity contribution in [3.05, 3.63) is 35.4 Å². The molecule has 2 atom stereocenters. The molecule has 0 radical (unpaired) electrons. The summed E-state index contributed by atoms with van der Waals surface area (Å²) in [5.74, 6) is -1.31. The molecule has 1 aliphatic heterocycles. The summed E-state index contributed by atoms with van der Waals surface area (Å²) in [5.41, 5.74) is -0.0154. The summed E-state index contributed by atoms with van der Waals surface area (Å²) in [6.07, 6.45) is 4.42. The molecule has 4 nitrogen and oxygen atoms in total. The van der Waals surface area contributed by atoms with E-state index >= 15 is 0 Å². The van der Waals surface area contributed by atoms with Crippen molar-refractivity contribution in [3.8, 4) is 0 Å². The molecule has 0 saturated carbocycles. The minimum Gasteiger partial charge on any atom is -0.378 e. The number of carbonyl (C=O) groups is 1. The lowest BCUT2D eigenvalue weighted by Crippen LogP contribution is -2.36. The summed E-state index contributed by atoms with van der Waals surface area (Å²) in [4.78, 5) is 13.7. The predicted octanol–water partition coefficient (Wildman–Crippen LogP) is 3.03. The van der Waals surface area contributed by atoms with E-state index in [1.807, 2.05) is 0 Å². The summed E-state index contributed by atoms with van der Waals surface area (Å²) < 4.78 is 33.6. The first-order valence-corrected chi connectivity index (χ1v) is 8.47.